The molecule has 4 atom stereocenters. The Balaban J connectivity index is 1.66. The fraction of sp³-hybridized carbons (Fsp3) is 0.600. The smallest absolute Gasteiger partial charge is 0.322 e. The lowest BCUT2D eigenvalue weighted by Crippen LogP contribution is -2.76. The van der Waals surface area contributed by atoms with Crippen molar-refractivity contribution in [1.29, 1.82) is 0 Å². The molecule has 2 aliphatic carbocycles. The van der Waals surface area contributed by atoms with Gasteiger partial charge in [-0.25, -0.2) is 13.6 Å². The quantitative estimate of drug-likeness (QED) is 0.549. The molecule has 1 spiro atoms. The average Bonchev–Trinajstić information content (AvgIpc) is 2.91. The summed E-state index contributed by atoms with van der Waals surface area (Å²) in [5.74, 6) is -0.369. The number of aliphatic hydroxyl groups is 1. The number of carbonyl (C=O) groups is 2. The van der Waals surface area contributed by atoms with Crippen LogP contribution in [0.5, 0.6) is 5.75 Å². The molecule has 7 nitrogen and oxygen atoms in total. The number of rotatable bonds is 2. The molecule has 1 aromatic rings. The number of phenols is 1. The number of halogens is 2. The van der Waals surface area contributed by atoms with Crippen LogP contribution >= 0.6 is 0 Å². The number of hydrogen-bond acceptors (Lipinski definition) is 5. The van der Waals surface area contributed by atoms with Crippen molar-refractivity contribution in [3.63, 3.8) is 0 Å². The van der Waals surface area contributed by atoms with E-state index in [1.54, 1.807) is 23.1 Å². The maximum Gasteiger partial charge on any atom is 0.322 e. The van der Waals surface area contributed by atoms with E-state index in [1.165, 1.54) is 0 Å². The Kier molecular flexibility index (Phi) is 3.80. The number of likely N-dealkylation sites (tertiary alicyclic amines) is 1. The summed E-state index contributed by atoms with van der Waals surface area (Å²) in [6.07, 6.45) is -1.16. The van der Waals surface area contributed by atoms with Gasteiger partial charge in [0.1, 0.15) is 11.3 Å². The maximum absolute atomic E-state index is 13.2. The Bertz CT molecular complexity index is 912. The van der Waals surface area contributed by atoms with Crippen LogP contribution in [0.4, 0.5) is 13.6 Å². The molecule has 2 heterocycles. The number of fused-ring (bicyclic) bond motifs is 1. The number of carbonyl (C=O) groups excluding carboxylic acids is 2. The number of aromatic hydroxyl groups is 1. The van der Waals surface area contributed by atoms with Crippen molar-refractivity contribution in [2.24, 2.45) is 0 Å². The van der Waals surface area contributed by atoms with Crippen LogP contribution in [0.3, 0.4) is 0 Å². The largest absolute Gasteiger partial charge is 0.508 e. The highest BCUT2D eigenvalue weighted by atomic mass is 19.3. The third kappa shape index (κ3) is 2.40. The summed E-state index contributed by atoms with van der Waals surface area (Å²) < 4.78 is 26.4. The molecular formula is C20H23F2N3O4. The molecule has 3 fully saturated rings. The first-order valence-electron chi connectivity index (χ1n) is 9.90. The van der Waals surface area contributed by atoms with Crippen molar-refractivity contribution in [3.05, 3.63) is 29.3 Å². The van der Waals surface area contributed by atoms with Gasteiger partial charge < -0.3 is 15.5 Å². The third-order valence-electron chi connectivity index (χ3n) is 7.59. The van der Waals surface area contributed by atoms with Gasteiger partial charge in [0.25, 0.3) is 12.3 Å². The summed E-state index contributed by atoms with van der Waals surface area (Å²) in [7, 11) is 0. The Morgan fingerprint density at radius 3 is 2.72 bits per heavy atom. The van der Waals surface area contributed by atoms with Crippen molar-refractivity contribution in [2.75, 3.05) is 13.1 Å². The lowest BCUT2D eigenvalue weighted by molar-refractivity contribution is -0.184. The Hall–Kier alpha value is -2.26. The number of benzene rings is 1. The zero-order chi connectivity index (χ0) is 20.6. The summed E-state index contributed by atoms with van der Waals surface area (Å²) in [6, 6.07) is 3.86. The van der Waals surface area contributed by atoms with Crippen LogP contribution in [-0.4, -0.2) is 63.7 Å². The van der Waals surface area contributed by atoms with Gasteiger partial charge in [-0.3, -0.25) is 15.0 Å². The normalized spacial score (nSPS) is 38.6. The fourth-order valence-electron chi connectivity index (χ4n) is 6.36. The Morgan fingerprint density at radius 2 is 2.03 bits per heavy atom. The number of alkyl halides is 2. The molecular weight excluding hydrogens is 384 g/mol. The van der Waals surface area contributed by atoms with Crippen LogP contribution in [0.25, 0.3) is 0 Å². The van der Waals surface area contributed by atoms with E-state index in [4.69, 9.17) is 0 Å². The van der Waals surface area contributed by atoms with Crippen LogP contribution in [0, 0.1) is 0 Å². The van der Waals surface area contributed by atoms with Crippen LogP contribution in [0.2, 0.25) is 0 Å². The zero-order valence-electron chi connectivity index (χ0n) is 15.8. The van der Waals surface area contributed by atoms with Gasteiger partial charge in [-0.15, -0.1) is 0 Å². The Labute approximate surface area is 166 Å². The Morgan fingerprint density at radius 1 is 1.24 bits per heavy atom. The molecule has 4 N–H and O–H groups in total. The number of urea groups is 1. The predicted molar refractivity (Wildman–Crippen MR) is 97.7 cm³/mol. The summed E-state index contributed by atoms with van der Waals surface area (Å²) in [6.45, 7) is -0.0725. The molecule has 4 aliphatic rings. The summed E-state index contributed by atoms with van der Waals surface area (Å²) in [4.78, 5) is 26.2. The molecule has 2 aliphatic heterocycles. The van der Waals surface area contributed by atoms with Gasteiger partial charge in [0.15, 0.2) is 0 Å². The van der Waals surface area contributed by atoms with Crippen molar-refractivity contribution in [3.8, 4) is 5.75 Å². The minimum Gasteiger partial charge on any atom is -0.508 e. The molecule has 9 heteroatoms. The maximum atomic E-state index is 13.2. The lowest BCUT2D eigenvalue weighted by Gasteiger charge is -2.65. The second kappa shape index (κ2) is 5.89. The molecule has 156 valence electrons. The van der Waals surface area contributed by atoms with E-state index in [0.717, 1.165) is 11.1 Å². The van der Waals surface area contributed by atoms with Gasteiger partial charge in [-0.2, -0.15) is 0 Å². The molecule has 3 amide bonds. The molecule has 5 rings (SSSR count). The zero-order valence-corrected chi connectivity index (χ0v) is 15.8. The second-order valence-electron chi connectivity index (χ2n) is 8.87. The fourth-order valence-corrected chi connectivity index (χ4v) is 6.36. The highest BCUT2D eigenvalue weighted by Gasteiger charge is 2.69. The molecule has 0 radical (unpaired) electrons. The number of piperidine rings is 1. The third-order valence-corrected chi connectivity index (χ3v) is 7.59. The van der Waals surface area contributed by atoms with E-state index in [0.29, 0.717) is 19.4 Å². The monoisotopic (exact) mass is 407 g/mol. The molecule has 29 heavy (non-hydrogen) atoms. The summed E-state index contributed by atoms with van der Waals surface area (Å²) in [5.41, 5.74) is -1.77. The minimum absolute atomic E-state index is 0.0495. The van der Waals surface area contributed by atoms with Gasteiger partial charge in [-0.1, -0.05) is 6.07 Å². The number of phenolic OH excluding ortho intramolecular Hbond substituents is 1. The van der Waals surface area contributed by atoms with Crippen LogP contribution in [0.1, 0.15) is 36.8 Å². The van der Waals surface area contributed by atoms with Gasteiger partial charge in [-0.05, 0) is 61.9 Å². The van der Waals surface area contributed by atoms with Gasteiger partial charge >= 0.3 is 6.03 Å². The average molecular weight is 407 g/mol. The number of nitrogens with zero attached hydrogens (tertiary/aromatic N) is 1. The van der Waals surface area contributed by atoms with E-state index in [-0.39, 0.29) is 25.0 Å². The summed E-state index contributed by atoms with van der Waals surface area (Å²) >= 11 is 0. The highest BCUT2D eigenvalue weighted by Crippen LogP contribution is 2.60. The predicted octanol–water partition coefficient (Wildman–Crippen LogP) is 1.02. The summed E-state index contributed by atoms with van der Waals surface area (Å²) in [5, 5.41) is 27.1. The van der Waals surface area contributed by atoms with Crippen LogP contribution in [-0.2, 0) is 16.6 Å². The minimum atomic E-state index is -2.51. The molecule has 0 aromatic heterocycles. The van der Waals surface area contributed by atoms with Gasteiger partial charge in [0.05, 0.1) is 12.1 Å². The van der Waals surface area contributed by atoms with Crippen molar-refractivity contribution in [1.82, 2.24) is 15.5 Å². The first kappa shape index (κ1) is 18.7. The van der Waals surface area contributed by atoms with E-state index >= 15 is 0 Å². The first-order valence-corrected chi connectivity index (χ1v) is 9.90. The standard InChI is InChI=1S/C20H23F2N3O4/c21-15(22)9-25-6-5-18-10-19(16(27)23-17(28)24-19)3-4-20(18,29)14(25)7-11-1-2-12(26)8-13(11)18/h1-2,8,14-15,26,29H,3-7,9-10H2,(H2,23,24,27,28). The molecule has 1 aromatic carbocycles. The van der Waals surface area contributed by atoms with E-state index in [9.17, 15) is 28.6 Å². The lowest BCUT2D eigenvalue weighted by atomic mass is 9.46. The number of nitrogens with one attached hydrogen (secondary N) is 2. The van der Waals surface area contributed by atoms with Crippen molar-refractivity contribution < 1.29 is 28.6 Å². The molecule has 1 saturated carbocycles. The van der Waals surface area contributed by atoms with E-state index < -0.39 is 47.5 Å². The van der Waals surface area contributed by atoms with Crippen LogP contribution < -0.4 is 10.6 Å². The topological polar surface area (TPSA) is 102 Å². The first-order chi connectivity index (χ1) is 13.7. The number of amides is 3. The SMILES string of the molecule is O=C1NC(=O)C2(CCC3(O)C4Cc5ccc(O)cc5C3(CCN4CC(F)F)C2)N1. The van der Waals surface area contributed by atoms with Crippen LogP contribution in [0.15, 0.2) is 18.2 Å². The second-order valence-corrected chi connectivity index (χ2v) is 8.87. The van der Waals surface area contributed by atoms with E-state index in [1.807, 2.05) is 0 Å². The van der Waals surface area contributed by atoms with Crippen molar-refractivity contribution in [2.45, 2.75) is 61.1 Å². The van der Waals surface area contributed by atoms with Gasteiger partial charge in [0.2, 0.25) is 0 Å². The van der Waals surface area contributed by atoms with Crippen molar-refractivity contribution >= 4 is 11.9 Å². The molecule has 2 bridgehead atoms. The number of imide groups is 1. The number of hydrogen-bond donors (Lipinski definition) is 4. The van der Waals surface area contributed by atoms with Gasteiger partial charge in [0, 0.05) is 11.5 Å². The molecule has 4 unspecified atom stereocenters. The highest BCUT2D eigenvalue weighted by molar-refractivity contribution is 6.07. The molecule has 2 saturated heterocycles. The van der Waals surface area contributed by atoms with E-state index in [2.05, 4.69) is 10.6 Å².